The molecule has 0 aromatic heterocycles. The lowest BCUT2D eigenvalue weighted by Crippen LogP contribution is -2.37. The van der Waals surface area contributed by atoms with Crippen LogP contribution in [0.25, 0.3) is 0 Å². The van der Waals surface area contributed by atoms with Crippen molar-refractivity contribution in [3.05, 3.63) is 71.5 Å². The molecule has 2 aromatic carbocycles. The molecular weight excluding hydrogens is 333 g/mol. The number of nitrogens with zero attached hydrogens (tertiary/aromatic N) is 1. The van der Waals surface area contributed by atoms with Gasteiger partial charge in [-0.15, -0.1) is 0 Å². The standard InChI is InChI=1S/C21H24FNO3/c1-16(21(25)26-2)14-23(15-18-8-11-19(22)12-9-18)20(24)13-10-17-6-4-3-5-7-17/h3-9,11-12,16H,10,13-15H2,1-2H3. The highest BCUT2D eigenvalue weighted by atomic mass is 19.1. The van der Waals surface area contributed by atoms with Gasteiger partial charge < -0.3 is 9.64 Å². The molecule has 0 bridgehead atoms. The van der Waals surface area contributed by atoms with E-state index in [4.69, 9.17) is 4.74 Å². The number of esters is 1. The summed E-state index contributed by atoms with van der Waals surface area (Å²) in [5, 5.41) is 0. The van der Waals surface area contributed by atoms with Gasteiger partial charge in [0.2, 0.25) is 5.91 Å². The second kappa shape index (κ2) is 9.70. The maximum atomic E-state index is 13.1. The van der Waals surface area contributed by atoms with Crippen LogP contribution in [-0.2, 0) is 27.3 Å². The van der Waals surface area contributed by atoms with Crippen molar-refractivity contribution in [2.45, 2.75) is 26.3 Å². The van der Waals surface area contributed by atoms with Crippen LogP contribution in [0.4, 0.5) is 4.39 Å². The van der Waals surface area contributed by atoms with Gasteiger partial charge in [-0.05, 0) is 29.7 Å². The van der Waals surface area contributed by atoms with Crippen molar-refractivity contribution in [2.75, 3.05) is 13.7 Å². The predicted molar refractivity (Wildman–Crippen MR) is 97.8 cm³/mol. The topological polar surface area (TPSA) is 46.6 Å². The predicted octanol–water partition coefficient (Wildman–Crippen LogP) is 3.60. The zero-order valence-electron chi connectivity index (χ0n) is 15.2. The van der Waals surface area contributed by atoms with Crippen LogP contribution in [0.2, 0.25) is 0 Å². The highest BCUT2D eigenvalue weighted by molar-refractivity contribution is 5.78. The molecule has 0 aliphatic heterocycles. The second-order valence-corrected chi connectivity index (χ2v) is 6.31. The minimum Gasteiger partial charge on any atom is -0.469 e. The number of rotatable bonds is 8. The average molecular weight is 357 g/mol. The van der Waals surface area contributed by atoms with Gasteiger partial charge in [-0.3, -0.25) is 9.59 Å². The number of amides is 1. The lowest BCUT2D eigenvalue weighted by molar-refractivity contribution is -0.146. The van der Waals surface area contributed by atoms with Crippen LogP contribution in [0.15, 0.2) is 54.6 Å². The van der Waals surface area contributed by atoms with E-state index in [-0.39, 0.29) is 24.2 Å². The quantitative estimate of drug-likeness (QED) is 0.678. The molecule has 0 saturated carbocycles. The summed E-state index contributed by atoms with van der Waals surface area (Å²) in [6.07, 6.45) is 0.977. The molecule has 0 heterocycles. The molecule has 138 valence electrons. The Hall–Kier alpha value is -2.69. The first-order chi connectivity index (χ1) is 12.5. The molecule has 0 radical (unpaired) electrons. The van der Waals surface area contributed by atoms with Crippen LogP contribution in [-0.4, -0.2) is 30.4 Å². The fraction of sp³-hybridized carbons (Fsp3) is 0.333. The maximum Gasteiger partial charge on any atom is 0.310 e. The van der Waals surface area contributed by atoms with E-state index in [9.17, 15) is 14.0 Å². The molecule has 1 amide bonds. The first-order valence-electron chi connectivity index (χ1n) is 8.63. The number of benzene rings is 2. The Kier molecular flexibility index (Phi) is 7.33. The maximum absolute atomic E-state index is 13.1. The Morgan fingerprint density at radius 3 is 2.31 bits per heavy atom. The van der Waals surface area contributed by atoms with Crippen LogP contribution in [0.3, 0.4) is 0 Å². The minimum absolute atomic E-state index is 0.0473. The number of aryl methyl sites for hydroxylation is 1. The van der Waals surface area contributed by atoms with Crippen LogP contribution < -0.4 is 0 Å². The van der Waals surface area contributed by atoms with Crippen LogP contribution in [0.1, 0.15) is 24.5 Å². The minimum atomic E-state index is -0.430. The highest BCUT2D eigenvalue weighted by Crippen LogP contribution is 2.13. The third-order valence-electron chi connectivity index (χ3n) is 4.21. The third-order valence-corrected chi connectivity index (χ3v) is 4.21. The van der Waals surface area contributed by atoms with E-state index in [2.05, 4.69) is 0 Å². The Labute approximate surface area is 153 Å². The van der Waals surface area contributed by atoms with Crippen molar-refractivity contribution < 1.29 is 18.7 Å². The summed E-state index contributed by atoms with van der Waals surface area (Å²) in [5.74, 6) is -1.15. The zero-order valence-corrected chi connectivity index (χ0v) is 15.2. The zero-order chi connectivity index (χ0) is 18.9. The van der Waals surface area contributed by atoms with Crippen molar-refractivity contribution in [2.24, 2.45) is 5.92 Å². The molecule has 4 nitrogen and oxygen atoms in total. The third kappa shape index (κ3) is 5.99. The Morgan fingerprint density at radius 1 is 1.04 bits per heavy atom. The smallest absolute Gasteiger partial charge is 0.310 e. The van der Waals surface area contributed by atoms with Crippen molar-refractivity contribution in [3.63, 3.8) is 0 Å². The summed E-state index contributed by atoms with van der Waals surface area (Å²) in [6, 6.07) is 15.8. The number of hydrogen-bond acceptors (Lipinski definition) is 3. The first kappa shape index (κ1) is 19.6. The summed E-state index contributed by atoms with van der Waals surface area (Å²) >= 11 is 0. The largest absolute Gasteiger partial charge is 0.469 e. The Morgan fingerprint density at radius 2 is 1.69 bits per heavy atom. The normalized spacial score (nSPS) is 11.7. The van der Waals surface area contributed by atoms with E-state index in [0.717, 1.165) is 11.1 Å². The van der Waals surface area contributed by atoms with Gasteiger partial charge in [0, 0.05) is 19.5 Å². The van der Waals surface area contributed by atoms with Gasteiger partial charge in [0.25, 0.3) is 0 Å². The van der Waals surface area contributed by atoms with Gasteiger partial charge in [0.15, 0.2) is 0 Å². The molecule has 5 heteroatoms. The Balaban J connectivity index is 2.06. The van der Waals surface area contributed by atoms with Gasteiger partial charge in [-0.2, -0.15) is 0 Å². The summed E-state index contributed by atoms with van der Waals surface area (Å²) in [4.78, 5) is 26.1. The summed E-state index contributed by atoms with van der Waals surface area (Å²) in [5.41, 5.74) is 1.90. The number of ether oxygens (including phenoxy) is 1. The second-order valence-electron chi connectivity index (χ2n) is 6.31. The van der Waals surface area contributed by atoms with E-state index < -0.39 is 5.92 Å². The van der Waals surface area contributed by atoms with Crippen LogP contribution in [0, 0.1) is 11.7 Å². The molecule has 0 saturated heterocycles. The molecule has 0 fully saturated rings. The molecule has 1 unspecified atom stereocenters. The number of carbonyl (C=O) groups excluding carboxylic acids is 2. The van der Waals surface area contributed by atoms with Gasteiger partial charge in [0.1, 0.15) is 5.82 Å². The SMILES string of the molecule is COC(=O)C(C)CN(Cc1ccc(F)cc1)C(=O)CCc1ccccc1. The van der Waals surface area contributed by atoms with E-state index >= 15 is 0 Å². The van der Waals surface area contributed by atoms with Gasteiger partial charge >= 0.3 is 5.97 Å². The highest BCUT2D eigenvalue weighted by Gasteiger charge is 2.21. The lowest BCUT2D eigenvalue weighted by Gasteiger charge is -2.25. The molecule has 2 aromatic rings. The van der Waals surface area contributed by atoms with Gasteiger partial charge in [-0.1, -0.05) is 49.4 Å². The number of halogens is 1. The van der Waals surface area contributed by atoms with E-state index in [0.29, 0.717) is 19.4 Å². The van der Waals surface area contributed by atoms with Gasteiger partial charge in [0.05, 0.1) is 13.0 Å². The molecule has 2 rings (SSSR count). The van der Waals surface area contributed by atoms with Crippen molar-refractivity contribution in [1.29, 1.82) is 0 Å². The van der Waals surface area contributed by atoms with E-state index in [1.165, 1.54) is 19.2 Å². The van der Waals surface area contributed by atoms with Gasteiger partial charge in [-0.25, -0.2) is 4.39 Å². The molecule has 0 aliphatic carbocycles. The van der Waals surface area contributed by atoms with Crippen molar-refractivity contribution >= 4 is 11.9 Å². The molecule has 0 aliphatic rings. The fourth-order valence-electron chi connectivity index (χ4n) is 2.73. The summed E-state index contributed by atoms with van der Waals surface area (Å²) in [7, 11) is 1.33. The van der Waals surface area contributed by atoms with Crippen LogP contribution >= 0.6 is 0 Å². The Bertz CT molecular complexity index is 716. The molecule has 26 heavy (non-hydrogen) atoms. The number of carbonyl (C=O) groups is 2. The van der Waals surface area contributed by atoms with E-state index in [1.807, 2.05) is 30.3 Å². The molecule has 0 N–H and O–H groups in total. The molecule has 0 spiro atoms. The number of hydrogen-bond donors (Lipinski definition) is 0. The molecular formula is C21H24FNO3. The first-order valence-corrected chi connectivity index (χ1v) is 8.63. The van der Waals surface area contributed by atoms with Crippen molar-refractivity contribution in [3.8, 4) is 0 Å². The summed E-state index contributed by atoms with van der Waals surface area (Å²) in [6.45, 7) is 2.32. The lowest BCUT2D eigenvalue weighted by atomic mass is 10.1. The van der Waals surface area contributed by atoms with Crippen LogP contribution in [0.5, 0.6) is 0 Å². The van der Waals surface area contributed by atoms with E-state index in [1.54, 1.807) is 24.0 Å². The average Bonchev–Trinajstić information content (AvgIpc) is 2.67. The molecule has 1 atom stereocenters. The monoisotopic (exact) mass is 357 g/mol. The summed E-state index contributed by atoms with van der Waals surface area (Å²) < 4.78 is 17.9. The number of methoxy groups -OCH3 is 1. The van der Waals surface area contributed by atoms with Crippen molar-refractivity contribution in [1.82, 2.24) is 4.90 Å². The fourth-order valence-corrected chi connectivity index (χ4v) is 2.73.